The second-order valence-electron chi connectivity index (χ2n) is 4.76. The van der Waals surface area contributed by atoms with E-state index in [2.05, 4.69) is 15.3 Å². The van der Waals surface area contributed by atoms with Gasteiger partial charge in [-0.15, -0.1) is 0 Å². The lowest BCUT2D eigenvalue weighted by Crippen LogP contribution is -2.24. The van der Waals surface area contributed by atoms with Crippen LogP contribution in [-0.2, 0) is 11.3 Å². The molecule has 0 saturated carbocycles. The quantitative estimate of drug-likeness (QED) is 0.832. The van der Waals surface area contributed by atoms with Crippen LogP contribution in [0.4, 0.5) is 4.79 Å². The van der Waals surface area contributed by atoms with Crippen molar-refractivity contribution in [3.63, 3.8) is 0 Å². The van der Waals surface area contributed by atoms with Gasteiger partial charge < -0.3 is 10.1 Å². The van der Waals surface area contributed by atoms with Crippen LogP contribution in [0.15, 0.2) is 48.8 Å². The number of aryl methyl sites for hydroxylation is 1. The first-order valence-corrected chi connectivity index (χ1v) is 7.14. The molecule has 0 unspecified atom stereocenters. The predicted molar refractivity (Wildman–Crippen MR) is 85.0 cm³/mol. The van der Waals surface area contributed by atoms with E-state index in [4.69, 9.17) is 4.74 Å². The first-order valence-electron chi connectivity index (χ1n) is 7.14. The zero-order valence-corrected chi connectivity index (χ0v) is 12.5. The highest BCUT2D eigenvalue weighted by Crippen LogP contribution is 2.01. The molecular formula is C17H19N3O2. The molecule has 0 atom stereocenters. The molecule has 1 N–H and O–H groups in total. The number of nitrogens with one attached hydrogen (secondary N) is 1. The van der Waals surface area contributed by atoms with Gasteiger partial charge in [-0.1, -0.05) is 36.4 Å². The fraction of sp³-hybridized carbons (Fsp3) is 0.235. The molecule has 0 aliphatic rings. The first kappa shape index (κ1) is 15.7. The van der Waals surface area contributed by atoms with Crippen LogP contribution in [0.2, 0.25) is 0 Å². The topological polar surface area (TPSA) is 64.1 Å². The number of amides is 1. The molecule has 1 heterocycles. The minimum atomic E-state index is -0.410. The first-order chi connectivity index (χ1) is 10.7. The Morgan fingerprint density at radius 1 is 1.27 bits per heavy atom. The number of aromatic nitrogens is 2. The Morgan fingerprint density at radius 2 is 2.09 bits per heavy atom. The van der Waals surface area contributed by atoms with Crippen molar-refractivity contribution >= 4 is 12.2 Å². The summed E-state index contributed by atoms with van der Waals surface area (Å²) in [4.78, 5) is 19.9. The van der Waals surface area contributed by atoms with Crippen LogP contribution < -0.4 is 5.32 Å². The SMILES string of the molecule is Cc1cncc(C=CCCNC(=O)OCc2ccccc2)n1. The summed E-state index contributed by atoms with van der Waals surface area (Å²) in [6.07, 6.45) is 7.54. The van der Waals surface area contributed by atoms with E-state index < -0.39 is 6.09 Å². The summed E-state index contributed by atoms with van der Waals surface area (Å²) >= 11 is 0. The van der Waals surface area contributed by atoms with Crippen molar-refractivity contribution in [1.29, 1.82) is 0 Å². The van der Waals surface area contributed by atoms with E-state index in [0.717, 1.165) is 17.0 Å². The molecule has 5 heteroatoms. The number of ether oxygens (including phenoxy) is 1. The van der Waals surface area contributed by atoms with Gasteiger partial charge in [0.05, 0.1) is 17.6 Å². The van der Waals surface area contributed by atoms with E-state index in [-0.39, 0.29) is 6.61 Å². The van der Waals surface area contributed by atoms with Gasteiger partial charge >= 0.3 is 6.09 Å². The fourth-order valence-corrected chi connectivity index (χ4v) is 1.80. The van der Waals surface area contributed by atoms with Crippen molar-refractivity contribution in [3.8, 4) is 0 Å². The van der Waals surface area contributed by atoms with Gasteiger partial charge in [-0.3, -0.25) is 9.97 Å². The Hall–Kier alpha value is -2.69. The maximum Gasteiger partial charge on any atom is 0.407 e. The smallest absolute Gasteiger partial charge is 0.407 e. The maximum atomic E-state index is 11.5. The summed E-state index contributed by atoms with van der Waals surface area (Å²) in [6, 6.07) is 9.58. The van der Waals surface area contributed by atoms with Crippen molar-refractivity contribution in [2.24, 2.45) is 0 Å². The van der Waals surface area contributed by atoms with Crippen molar-refractivity contribution in [2.75, 3.05) is 6.54 Å². The number of carbonyl (C=O) groups is 1. The van der Waals surface area contributed by atoms with Crippen molar-refractivity contribution < 1.29 is 9.53 Å². The number of nitrogens with zero attached hydrogens (tertiary/aromatic N) is 2. The highest BCUT2D eigenvalue weighted by Gasteiger charge is 2.00. The summed E-state index contributed by atoms with van der Waals surface area (Å²) in [5.41, 5.74) is 2.66. The third-order valence-electron chi connectivity index (χ3n) is 2.86. The standard InChI is InChI=1S/C17H19N3O2/c1-14-11-18-12-16(20-14)9-5-6-10-19-17(21)22-13-15-7-3-2-4-8-15/h2-5,7-9,11-12H,6,10,13H2,1H3,(H,19,21). The molecular weight excluding hydrogens is 278 g/mol. The lowest BCUT2D eigenvalue weighted by atomic mass is 10.2. The van der Waals surface area contributed by atoms with E-state index in [1.165, 1.54) is 0 Å². The number of hydrogen-bond acceptors (Lipinski definition) is 4. The molecule has 0 aliphatic heterocycles. The number of carbonyl (C=O) groups excluding carboxylic acids is 1. The van der Waals surface area contributed by atoms with E-state index in [0.29, 0.717) is 13.0 Å². The highest BCUT2D eigenvalue weighted by molar-refractivity contribution is 5.67. The summed E-state index contributed by atoms with van der Waals surface area (Å²) in [5.74, 6) is 0. The third-order valence-corrected chi connectivity index (χ3v) is 2.86. The normalized spacial score (nSPS) is 10.6. The summed E-state index contributed by atoms with van der Waals surface area (Å²) in [5, 5.41) is 2.70. The molecule has 0 bridgehead atoms. The molecule has 1 aromatic heterocycles. The molecule has 5 nitrogen and oxygen atoms in total. The van der Waals surface area contributed by atoms with E-state index in [9.17, 15) is 4.79 Å². The summed E-state index contributed by atoms with van der Waals surface area (Å²) in [6.45, 7) is 2.69. The second-order valence-corrected chi connectivity index (χ2v) is 4.76. The van der Waals surface area contributed by atoms with Gasteiger partial charge in [0.25, 0.3) is 0 Å². The van der Waals surface area contributed by atoms with Gasteiger partial charge in [0.2, 0.25) is 0 Å². The van der Waals surface area contributed by atoms with E-state index >= 15 is 0 Å². The predicted octanol–water partition coefficient (Wildman–Crippen LogP) is 3.11. The van der Waals surface area contributed by atoms with Crippen molar-refractivity contribution in [2.45, 2.75) is 20.0 Å². The molecule has 0 aliphatic carbocycles. The zero-order chi connectivity index (χ0) is 15.6. The minimum absolute atomic E-state index is 0.279. The Morgan fingerprint density at radius 3 is 2.86 bits per heavy atom. The molecule has 22 heavy (non-hydrogen) atoms. The molecule has 114 valence electrons. The molecule has 0 radical (unpaired) electrons. The zero-order valence-electron chi connectivity index (χ0n) is 12.5. The number of alkyl carbamates (subject to hydrolysis) is 1. The average molecular weight is 297 g/mol. The van der Waals surface area contributed by atoms with Gasteiger partial charge in [0, 0.05) is 12.7 Å². The Balaban J connectivity index is 1.63. The Bertz CT molecular complexity index is 627. The van der Waals surface area contributed by atoms with Crippen LogP contribution in [-0.4, -0.2) is 22.6 Å². The third kappa shape index (κ3) is 5.75. The lowest BCUT2D eigenvalue weighted by molar-refractivity contribution is 0.140. The minimum Gasteiger partial charge on any atom is -0.445 e. The fourth-order valence-electron chi connectivity index (χ4n) is 1.80. The largest absolute Gasteiger partial charge is 0.445 e. The Labute approximate surface area is 130 Å². The molecule has 2 aromatic rings. The number of benzene rings is 1. The van der Waals surface area contributed by atoms with Crippen LogP contribution in [0.5, 0.6) is 0 Å². The van der Waals surface area contributed by atoms with Crippen LogP contribution in [0.1, 0.15) is 23.4 Å². The molecule has 0 saturated heterocycles. The summed E-state index contributed by atoms with van der Waals surface area (Å²) < 4.78 is 5.11. The van der Waals surface area contributed by atoms with Crippen molar-refractivity contribution in [1.82, 2.24) is 15.3 Å². The number of hydrogen-bond donors (Lipinski definition) is 1. The van der Waals surface area contributed by atoms with Crippen LogP contribution in [0.25, 0.3) is 6.08 Å². The van der Waals surface area contributed by atoms with E-state index in [1.54, 1.807) is 12.4 Å². The van der Waals surface area contributed by atoms with Gasteiger partial charge in [0.15, 0.2) is 0 Å². The number of rotatable bonds is 6. The summed E-state index contributed by atoms with van der Waals surface area (Å²) in [7, 11) is 0. The molecule has 0 fully saturated rings. The van der Waals surface area contributed by atoms with Gasteiger partial charge in [-0.2, -0.15) is 0 Å². The van der Waals surface area contributed by atoms with Crippen LogP contribution >= 0.6 is 0 Å². The van der Waals surface area contributed by atoms with Crippen LogP contribution in [0, 0.1) is 6.92 Å². The second kappa shape index (κ2) is 8.56. The molecule has 0 spiro atoms. The lowest BCUT2D eigenvalue weighted by Gasteiger charge is -2.05. The maximum absolute atomic E-state index is 11.5. The monoisotopic (exact) mass is 297 g/mol. The Kier molecular flexibility index (Phi) is 6.11. The van der Waals surface area contributed by atoms with Crippen LogP contribution in [0.3, 0.4) is 0 Å². The molecule has 2 rings (SSSR count). The van der Waals surface area contributed by atoms with Gasteiger partial charge in [-0.25, -0.2) is 4.79 Å². The molecule has 1 amide bonds. The van der Waals surface area contributed by atoms with Gasteiger partial charge in [0.1, 0.15) is 6.61 Å². The highest BCUT2D eigenvalue weighted by atomic mass is 16.5. The van der Waals surface area contributed by atoms with E-state index in [1.807, 2.05) is 49.4 Å². The molecule has 1 aromatic carbocycles. The average Bonchev–Trinajstić information content (AvgIpc) is 2.54. The van der Waals surface area contributed by atoms with Crippen molar-refractivity contribution in [3.05, 3.63) is 65.8 Å². The van der Waals surface area contributed by atoms with Gasteiger partial charge in [-0.05, 0) is 25.0 Å².